The number of phosphoric ester groups is 1. The minimum atomic E-state index is -5.71. The normalized spacial score (nSPS) is 28.3. The van der Waals surface area contributed by atoms with Crippen molar-refractivity contribution in [3.05, 3.63) is 36.5 Å². The van der Waals surface area contributed by atoms with E-state index in [1.165, 1.54) is 128 Å². The largest absolute Gasteiger partial charge is 0.472 e. The Kier molecular flexibility index (Phi) is 47.5. The van der Waals surface area contributed by atoms with E-state index in [2.05, 4.69) is 32.9 Å². The van der Waals surface area contributed by atoms with Gasteiger partial charge in [-0.15, -0.1) is 0 Å². The maximum atomic E-state index is 14.3. The quantitative estimate of drug-likeness (QED) is 0.00514. The number of aliphatic hydroxyl groups is 10. The number of ether oxygens (including phenoxy) is 7. The van der Waals surface area contributed by atoms with E-state index in [9.17, 15) is 74.9 Å². The van der Waals surface area contributed by atoms with Gasteiger partial charge in [0.05, 0.1) is 13.2 Å². The molecule has 2 heterocycles. The van der Waals surface area contributed by atoms with Gasteiger partial charge >= 0.3 is 25.7 Å². The summed E-state index contributed by atoms with van der Waals surface area (Å²) in [5.74, 6) is -2.26. The maximum Gasteiger partial charge on any atom is 0.472 e. The van der Waals surface area contributed by atoms with Crippen molar-refractivity contribution in [1.82, 2.24) is 0 Å². The van der Waals surface area contributed by atoms with Crippen LogP contribution in [0.2, 0.25) is 0 Å². The Morgan fingerprint density at radius 1 is 0.432 bits per heavy atom. The van der Waals surface area contributed by atoms with Gasteiger partial charge < -0.3 is 89.1 Å². The zero-order valence-electron chi connectivity index (χ0n) is 57.4. The molecule has 0 aromatic rings. The fourth-order valence-electron chi connectivity index (χ4n) is 11.8. The summed E-state index contributed by atoms with van der Waals surface area (Å²) in [6.45, 7) is 3.28. The van der Waals surface area contributed by atoms with Crippen LogP contribution in [0, 0.1) is 0 Å². The van der Waals surface area contributed by atoms with Crippen LogP contribution in [0.5, 0.6) is 0 Å². The molecule has 554 valence electrons. The van der Waals surface area contributed by atoms with Gasteiger partial charge in [-0.3, -0.25) is 18.6 Å². The third-order valence-corrected chi connectivity index (χ3v) is 18.7. The highest BCUT2D eigenvalue weighted by molar-refractivity contribution is 7.47. The van der Waals surface area contributed by atoms with Crippen LogP contribution < -0.4 is 0 Å². The molecule has 0 aromatic heterocycles. The molecule has 25 heteroatoms. The van der Waals surface area contributed by atoms with Crippen molar-refractivity contribution in [3.8, 4) is 0 Å². The number of carbonyl (C=O) groups excluding carboxylic acids is 3. The molecule has 3 fully saturated rings. The molecule has 3 rings (SSSR count). The van der Waals surface area contributed by atoms with Gasteiger partial charge in [-0.1, -0.05) is 225 Å². The van der Waals surface area contributed by atoms with E-state index >= 15 is 0 Å². The molecule has 0 bridgehead atoms. The number of phosphoric acid groups is 1. The Morgan fingerprint density at radius 2 is 0.821 bits per heavy atom. The van der Waals surface area contributed by atoms with Gasteiger partial charge in [0.1, 0.15) is 98.7 Å². The lowest BCUT2D eigenvalue weighted by Crippen LogP contribution is -2.69. The summed E-state index contributed by atoms with van der Waals surface area (Å²) in [6, 6.07) is 0. The van der Waals surface area contributed by atoms with Crippen LogP contribution >= 0.6 is 7.82 Å². The number of rotatable bonds is 55. The lowest BCUT2D eigenvalue weighted by atomic mass is 9.84. The third kappa shape index (κ3) is 35.9. The molecule has 3 aliphatic rings. The lowest BCUT2D eigenvalue weighted by molar-refractivity contribution is -0.360. The second-order valence-corrected chi connectivity index (χ2v) is 27.4. The average molecular weight is 1380 g/mol. The number of esters is 3. The zero-order chi connectivity index (χ0) is 69.6. The van der Waals surface area contributed by atoms with Crippen molar-refractivity contribution in [3.63, 3.8) is 0 Å². The fourth-order valence-corrected chi connectivity index (χ4v) is 12.7. The molecule has 1 saturated carbocycles. The predicted molar refractivity (Wildman–Crippen MR) is 356 cm³/mol. The molecule has 18 unspecified atom stereocenters. The number of aliphatic hydroxyl groups excluding tert-OH is 10. The molecule has 0 radical (unpaired) electrons. The van der Waals surface area contributed by atoms with Crippen molar-refractivity contribution >= 4 is 25.7 Å². The number of hydrogen-bond acceptors (Lipinski definition) is 23. The van der Waals surface area contributed by atoms with Gasteiger partial charge in [0.2, 0.25) is 0 Å². The first-order valence-corrected chi connectivity index (χ1v) is 37.8. The van der Waals surface area contributed by atoms with Crippen LogP contribution in [-0.2, 0) is 61.2 Å². The molecule has 95 heavy (non-hydrogen) atoms. The summed E-state index contributed by atoms with van der Waals surface area (Å²) in [4.78, 5) is 50.7. The van der Waals surface area contributed by atoms with E-state index < -0.39 is 156 Å². The monoisotopic (exact) mass is 1380 g/mol. The lowest BCUT2D eigenvalue weighted by Gasteiger charge is -2.49. The van der Waals surface area contributed by atoms with Gasteiger partial charge in [-0.25, -0.2) is 9.36 Å². The average Bonchev–Trinajstić information content (AvgIpc) is 0.764. The Hall–Kier alpha value is -2.82. The van der Waals surface area contributed by atoms with Crippen LogP contribution in [-0.4, -0.2) is 204 Å². The summed E-state index contributed by atoms with van der Waals surface area (Å²) in [5, 5.41) is 110. The summed E-state index contributed by atoms with van der Waals surface area (Å²) < 4.78 is 64.6. The first-order chi connectivity index (χ1) is 45.8. The smallest absolute Gasteiger partial charge is 0.463 e. The van der Waals surface area contributed by atoms with E-state index in [1.807, 2.05) is 6.08 Å². The summed E-state index contributed by atoms with van der Waals surface area (Å²) >= 11 is 0. The number of unbranched alkanes of at least 4 members (excludes halogenated alkanes) is 31. The molecule has 2 saturated heterocycles. The highest BCUT2D eigenvalue weighted by atomic mass is 31.2. The van der Waals surface area contributed by atoms with Crippen LogP contribution in [0.3, 0.4) is 0 Å². The second-order valence-electron chi connectivity index (χ2n) is 26.0. The first-order valence-electron chi connectivity index (χ1n) is 36.3. The molecule has 0 spiro atoms. The van der Waals surface area contributed by atoms with E-state index in [0.29, 0.717) is 12.8 Å². The van der Waals surface area contributed by atoms with E-state index in [1.54, 1.807) is 6.08 Å². The predicted octanol–water partition coefficient (Wildman–Crippen LogP) is 9.12. The van der Waals surface area contributed by atoms with E-state index in [-0.39, 0.29) is 12.8 Å². The Morgan fingerprint density at radius 3 is 1.28 bits per heavy atom. The van der Waals surface area contributed by atoms with Crippen molar-refractivity contribution in [1.29, 1.82) is 0 Å². The van der Waals surface area contributed by atoms with Gasteiger partial charge in [0.25, 0.3) is 0 Å². The molecule has 2 aliphatic heterocycles. The van der Waals surface area contributed by atoms with E-state index in [0.717, 1.165) is 96.0 Å². The minimum Gasteiger partial charge on any atom is -0.463 e. The highest BCUT2D eigenvalue weighted by Gasteiger charge is 2.58. The molecule has 0 aromatic carbocycles. The summed E-state index contributed by atoms with van der Waals surface area (Å²) in [6.07, 6.45) is 13.1. The summed E-state index contributed by atoms with van der Waals surface area (Å²) in [7, 11) is -5.71. The van der Waals surface area contributed by atoms with Crippen molar-refractivity contribution < 1.29 is 117 Å². The first kappa shape index (κ1) is 86.4. The minimum absolute atomic E-state index is 0.00477. The Bertz CT molecular complexity index is 2120. The second kappa shape index (κ2) is 52.2. The molecule has 24 nitrogen and oxygen atoms in total. The number of carbonyl (C=O) groups is 3. The molecule has 0 amide bonds. The Balaban J connectivity index is 1.77. The van der Waals surface area contributed by atoms with Gasteiger partial charge in [0.15, 0.2) is 18.7 Å². The number of allylic oxidation sites excluding steroid dienone is 5. The van der Waals surface area contributed by atoms with Crippen LogP contribution in [0.15, 0.2) is 36.5 Å². The SMILES string of the molecule is CCCCCCCCC/C=C\CCCCCC(=O)OCC1OC(OC2C(O)C(O)C(O)C(OC3OC(CO)C(O)C(O)C3O)C2OP(=O)(O)OCC(COC(=O)/C=C/C=C/CCCCCCCCCCCCC)OC(=O)CCCCCCCCCCCCC)C(O)C(O)C1O. The maximum absolute atomic E-state index is 14.3. The van der Waals surface area contributed by atoms with Crippen molar-refractivity contribution in [2.24, 2.45) is 0 Å². The van der Waals surface area contributed by atoms with Crippen LogP contribution in [0.1, 0.15) is 258 Å². The zero-order valence-corrected chi connectivity index (χ0v) is 58.3. The van der Waals surface area contributed by atoms with Gasteiger partial charge in [-0.2, -0.15) is 0 Å². The third-order valence-electron chi connectivity index (χ3n) is 17.7. The van der Waals surface area contributed by atoms with Crippen LogP contribution in [0.25, 0.3) is 0 Å². The highest BCUT2D eigenvalue weighted by Crippen LogP contribution is 2.49. The molecular formula is C70H125O24P. The van der Waals surface area contributed by atoms with Crippen molar-refractivity contribution in [2.45, 2.75) is 362 Å². The van der Waals surface area contributed by atoms with Crippen LogP contribution in [0.4, 0.5) is 0 Å². The topological polar surface area (TPSA) is 374 Å². The molecule has 18 atom stereocenters. The van der Waals surface area contributed by atoms with Crippen molar-refractivity contribution in [2.75, 3.05) is 26.4 Å². The fraction of sp³-hybridized carbons (Fsp3) is 0.871. The summed E-state index contributed by atoms with van der Waals surface area (Å²) in [5.41, 5.74) is 0. The Labute approximate surface area is 566 Å². The van der Waals surface area contributed by atoms with E-state index in [4.69, 9.17) is 42.2 Å². The van der Waals surface area contributed by atoms with Gasteiger partial charge in [0, 0.05) is 18.9 Å². The van der Waals surface area contributed by atoms with Gasteiger partial charge in [-0.05, 0) is 51.4 Å². The molecule has 1 aliphatic carbocycles. The standard InChI is InChI=1S/C70H125O24P/c1-4-7-10-13-16-19-22-24-26-28-31-32-35-38-41-44-54(72)86-48-51(89-56(74)46-43-40-37-34-29-21-18-15-12-9-6-3)49-88-95(84,85)94-68-66(92-69-64(82)59(77)57(75)52(47-71)90-69)62(80)61(79)63(81)67(68)93-70-65(83)60(78)58(76)53(91-70)50-87-55(73)45-42-39-36-33-30-27-25-23-20-17-14-11-8-5-2/h27,30,35,38,41,44,51-53,57-71,75-83H,4-26,28-29,31-34,36-37,39-40,42-43,45-50H2,1-3H3,(H,84,85)/b30-27-,38-35+,44-41+. The number of hydrogen-bond donors (Lipinski definition) is 11. The molecular weight excluding hydrogens is 1260 g/mol. The molecule has 11 N–H and O–H groups in total.